The van der Waals surface area contributed by atoms with E-state index in [1.54, 1.807) is 0 Å². The molecular formula is C21H34N2O4. The van der Waals surface area contributed by atoms with Crippen LogP contribution in [0.5, 0.6) is 0 Å². The second-order valence-electron chi connectivity index (χ2n) is 10.7. The third-order valence-electron chi connectivity index (χ3n) is 6.99. The van der Waals surface area contributed by atoms with Gasteiger partial charge in [0.05, 0.1) is 11.0 Å². The zero-order valence-electron chi connectivity index (χ0n) is 16.9. The van der Waals surface area contributed by atoms with Crippen molar-refractivity contribution in [3.05, 3.63) is 0 Å². The first-order valence-electron chi connectivity index (χ1n) is 10.6. The van der Waals surface area contributed by atoms with E-state index in [0.29, 0.717) is 31.3 Å². The minimum absolute atomic E-state index is 0.0597. The van der Waals surface area contributed by atoms with Crippen LogP contribution in [0.25, 0.3) is 0 Å². The van der Waals surface area contributed by atoms with Gasteiger partial charge < -0.3 is 20.1 Å². The molecule has 0 aromatic carbocycles. The highest BCUT2D eigenvalue weighted by molar-refractivity contribution is 5.83. The van der Waals surface area contributed by atoms with Crippen molar-refractivity contribution in [3.63, 3.8) is 0 Å². The highest BCUT2D eigenvalue weighted by Crippen LogP contribution is 2.62. The van der Waals surface area contributed by atoms with Gasteiger partial charge in [-0.25, -0.2) is 4.79 Å². The van der Waals surface area contributed by atoms with Gasteiger partial charge in [0.2, 0.25) is 5.91 Å². The summed E-state index contributed by atoms with van der Waals surface area (Å²) in [6.45, 7) is 6.91. The second-order valence-corrected chi connectivity index (χ2v) is 10.7. The van der Waals surface area contributed by atoms with Crippen LogP contribution in [0.1, 0.15) is 72.1 Å². The van der Waals surface area contributed by atoms with E-state index in [1.165, 1.54) is 6.42 Å². The molecule has 2 amide bonds. The normalized spacial score (nSPS) is 38.7. The number of nitrogens with one attached hydrogen (secondary N) is 1. The minimum Gasteiger partial charge on any atom is -0.444 e. The lowest BCUT2D eigenvalue weighted by atomic mass is 9.47. The first kappa shape index (κ1) is 19.0. The Kier molecular flexibility index (Phi) is 4.48. The molecule has 0 aromatic heterocycles. The number of amides is 2. The second kappa shape index (κ2) is 6.36. The van der Waals surface area contributed by atoms with Crippen LogP contribution in [-0.4, -0.2) is 52.3 Å². The molecule has 6 nitrogen and oxygen atoms in total. The van der Waals surface area contributed by atoms with Crippen molar-refractivity contribution in [1.29, 1.82) is 0 Å². The third kappa shape index (κ3) is 3.82. The van der Waals surface area contributed by atoms with Crippen LogP contribution in [-0.2, 0) is 9.53 Å². The first-order chi connectivity index (χ1) is 12.6. The molecule has 1 saturated heterocycles. The summed E-state index contributed by atoms with van der Waals surface area (Å²) in [6, 6.07) is 0.0597. The number of alkyl carbamates (subject to hydrolysis) is 1. The summed E-state index contributed by atoms with van der Waals surface area (Å²) in [5.74, 6) is 1.30. The molecule has 2 unspecified atom stereocenters. The van der Waals surface area contributed by atoms with Crippen molar-refractivity contribution < 1.29 is 19.4 Å². The van der Waals surface area contributed by atoms with Gasteiger partial charge in [-0.1, -0.05) is 0 Å². The number of hydrogen-bond donors (Lipinski definition) is 2. The number of carbonyl (C=O) groups excluding carboxylic acids is 2. The molecular weight excluding hydrogens is 344 g/mol. The molecule has 6 heteroatoms. The fourth-order valence-corrected chi connectivity index (χ4v) is 6.50. The summed E-state index contributed by atoms with van der Waals surface area (Å²) in [5, 5.41) is 13.9. The molecule has 0 aromatic rings. The third-order valence-corrected chi connectivity index (χ3v) is 6.99. The van der Waals surface area contributed by atoms with E-state index >= 15 is 0 Å². The standard InChI is InChI=1S/C21H34N2O4/c1-19(2,3)27-18(25)22-16-4-6-23(7-5-16)17(24)20-9-14-8-15(10-20)12-21(26,11-14)13-20/h14-16,26H,4-13H2,1-3H3,(H,22,25). The maximum absolute atomic E-state index is 13.4. The zero-order valence-corrected chi connectivity index (χ0v) is 16.9. The molecule has 2 atom stereocenters. The van der Waals surface area contributed by atoms with Crippen molar-refractivity contribution in [3.8, 4) is 0 Å². The van der Waals surface area contributed by atoms with E-state index in [2.05, 4.69) is 5.32 Å². The Morgan fingerprint density at radius 3 is 2.19 bits per heavy atom. The van der Waals surface area contributed by atoms with Gasteiger partial charge in [-0.05, 0) is 84.0 Å². The van der Waals surface area contributed by atoms with Crippen LogP contribution < -0.4 is 5.32 Å². The van der Waals surface area contributed by atoms with E-state index < -0.39 is 11.2 Å². The number of rotatable bonds is 2. The summed E-state index contributed by atoms with van der Waals surface area (Å²) in [6.07, 6.45) is 6.69. The van der Waals surface area contributed by atoms with Crippen molar-refractivity contribution in [2.24, 2.45) is 17.3 Å². The number of nitrogens with zero attached hydrogens (tertiary/aromatic N) is 1. The molecule has 1 aliphatic heterocycles. The molecule has 1 heterocycles. The number of likely N-dealkylation sites (tertiary alicyclic amines) is 1. The summed E-state index contributed by atoms with van der Waals surface area (Å²) in [5.41, 5.74) is -1.43. The highest BCUT2D eigenvalue weighted by Gasteiger charge is 2.60. The largest absolute Gasteiger partial charge is 0.444 e. The maximum Gasteiger partial charge on any atom is 0.407 e. The first-order valence-corrected chi connectivity index (χ1v) is 10.6. The van der Waals surface area contributed by atoms with Crippen LogP contribution in [0.2, 0.25) is 0 Å². The Hall–Kier alpha value is -1.30. The monoisotopic (exact) mass is 378 g/mol. The molecule has 0 radical (unpaired) electrons. The summed E-state index contributed by atoms with van der Waals surface area (Å²) in [7, 11) is 0. The Morgan fingerprint density at radius 1 is 1.07 bits per heavy atom. The topological polar surface area (TPSA) is 78.9 Å². The Bertz CT molecular complexity index is 604. The molecule has 5 rings (SSSR count). The lowest BCUT2D eigenvalue weighted by Crippen LogP contribution is -2.61. The Morgan fingerprint density at radius 2 is 1.67 bits per heavy atom. The fourth-order valence-electron chi connectivity index (χ4n) is 6.50. The predicted molar refractivity (Wildman–Crippen MR) is 101 cm³/mol. The molecule has 2 N–H and O–H groups in total. The van der Waals surface area contributed by atoms with Gasteiger partial charge in [0.1, 0.15) is 5.60 Å². The molecule has 4 bridgehead atoms. The number of ether oxygens (including phenoxy) is 1. The molecule has 0 spiro atoms. The van der Waals surface area contributed by atoms with Crippen molar-refractivity contribution in [2.75, 3.05) is 13.1 Å². The van der Waals surface area contributed by atoms with E-state index in [4.69, 9.17) is 4.74 Å². The number of aliphatic hydroxyl groups is 1. The van der Waals surface area contributed by atoms with Gasteiger partial charge in [-0.3, -0.25) is 4.79 Å². The molecule has 27 heavy (non-hydrogen) atoms. The minimum atomic E-state index is -0.601. The number of piperidine rings is 1. The van der Waals surface area contributed by atoms with Gasteiger partial charge in [0.15, 0.2) is 0 Å². The quantitative estimate of drug-likeness (QED) is 0.774. The summed E-state index contributed by atoms with van der Waals surface area (Å²) in [4.78, 5) is 27.4. The maximum atomic E-state index is 13.4. The molecule has 5 fully saturated rings. The lowest BCUT2D eigenvalue weighted by Gasteiger charge is -2.60. The van der Waals surface area contributed by atoms with Crippen molar-refractivity contribution in [1.82, 2.24) is 10.2 Å². The highest BCUT2D eigenvalue weighted by atomic mass is 16.6. The van der Waals surface area contributed by atoms with Gasteiger partial charge in [0, 0.05) is 19.1 Å². The van der Waals surface area contributed by atoms with Gasteiger partial charge >= 0.3 is 6.09 Å². The molecule has 4 saturated carbocycles. The average Bonchev–Trinajstić information content (AvgIpc) is 2.50. The average molecular weight is 379 g/mol. The van der Waals surface area contributed by atoms with Crippen LogP contribution in [0.4, 0.5) is 4.79 Å². The summed E-state index contributed by atoms with van der Waals surface area (Å²) < 4.78 is 5.33. The SMILES string of the molecule is CC(C)(C)OC(=O)NC1CCN(C(=O)C23CC4CC(CC(O)(C4)C2)C3)CC1. The number of hydrogen-bond acceptors (Lipinski definition) is 4. The van der Waals surface area contributed by atoms with Gasteiger partial charge in [-0.15, -0.1) is 0 Å². The van der Waals surface area contributed by atoms with Crippen molar-refractivity contribution in [2.45, 2.75) is 89.4 Å². The van der Waals surface area contributed by atoms with E-state index in [1.807, 2.05) is 25.7 Å². The zero-order chi connectivity index (χ0) is 19.4. The van der Waals surface area contributed by atoms with Crippen LogP contribution in [0.3, 0.4) is 0 Å². The van der Waals surface area contributed by atoms with Crippen LogP contribution in [0, 0.1) is 17.3 Å². The predicted octanol–water partition coefficient (Wildman–Crippen LogP) is 2.83. The lowest BCUT2D eigenvalue weighted by molar-refractivity contribution is -0.186. The van der Waals surface area contributed by atoms with Crippen LogP contribution >= 0.6 is 0 Å². The van der Waals surface area contributed by atoms with Crippen molar-refractivity contribution >= 4 is 12.0 Å². The van der Waals surface area contributed by atoms with E-state index in [-0.39, 0.29) is 23.5 Å². The smallest absolute Gasteiger partial charge is 0.407 e. The summed E-state index contributed by atoms with van der Waals surface area (Å²) >= 11 is 0. The Balaban J connectivity index is 1.34. The van der Waals surface area contributed by atoms with E-state index in [9.17, 15) is 14.7 Å². The number of carbonyl (C=O) groups is 2. The molecule has 152 valence electrons. The molecule has 4 aliphatic carbocycles. The van der Waals surface area contributed by atoms with Crippen LogP contribution in [0.15, 0.2) is 0 Å². The van der Waals surface area contributed by atoms with E-state index in [0.717, 1.165) is 38.5 Å². The fraction of sp³-hybridized carbons (Fsp3) is 0.905. The Labute approximate surface area is 162 Å². The van der Waals surface area contributed by atoms with Gasteiger partial charge in [0.25, 0.3) is 0 Å². The molecule has 5 aliphatic rings. The van der Waals surface area contributed by atoms with Gasteiger partial charge in [-0.2, -0.15) is 0 Å².